The third-order valence-electron chi connectivity index (χ3n) is 5.98. The summed E-state index contributed by atoms with van der Waals surface area (Å²) in [5, 5.41) is 5.50. The molecule has 0 bridgehead atoms. The van der Waals surface area contributed by atoms with Crippen LogP contribution in [0.4, 0.5) is 5.69 Å². The van der Waals surface area contributed by atoms with E-state index in [-0.39, 0.29) is 11.8 Å². The SMILES string of the molecule is CNC(=O)c1ccc(NC(=O)CN2CCC(CCc3cc(OC)cc(OC)c3)CC2)cc1. The molecule has 7 nitrogen and oxygen atoms in total. The molecule has 0 aliphatic carbocycles. The van der Waals surface area contributed by atoms with Crippen molar-refractivity contribution in [2.45, 2.75) is 25.7 Å². The van der Waals surface area contributed by atoms with E-state index in [1.165, 1.54) is 5.56 Å². The highest BCUT2D eigenvalue weighted by Crippen LogP contribution is 2.27. The van der Waals surface area contributed by atoms with E-state index in [0.717, 1.165) is 50.3 Å². The summed E-state index contributed by atoms with van der Waals surface area (Å²) >= 11 is 0. The quantitative estimate of drug-likeness (QED) is 0.626. The van der Waals surface area contributed by atoms with Crippen molar-refractivity contribution in [3.8, 4) is 11.5 Å². The molecule has 0 aromatic heterocycles. The van der Waals surface area contributed by atoms with Gasteiger partial charge in [0.15, 0.2) is 0 Å². The zero-order valence-corrected chi connectivity index (χ0v) is 19.1. The number of benzene rings is 2. The van der Waals surface area contributed by atoms with Crippen molar-refractivity contribution >= 4 is 17.5 Å². The summed E-state index contributed by atoms with van der Waals surface area (Å²) in [5.74, 6) is 2.13. The van der Waals surface area contributed by atoms with Crippen LogP contribution in [-0.4, -0.2) is 57.6 Å². The molecule has 2 aromatic carbocycles. The summed E-state index contributed by atoms with van der Waals surface area (Å²) < 4.78 is 10.7. The van der Waals surface area contributed by atoms with Crippen LogP contribution in [0.3, 0.4) is 0 Å². The summed E-state index contributed by atoms with van der Waals surface area (Å²) in [6.45, 7) is 2.24. The summed E-state index contributed by atoms with van der Waals surface area (Å²) in [6.07, 6.45) is 4.29. The first-order chi connectivity index (χ1) is 15.5. The van der Waals surface area contributed by atoms with Gasteiger partial charge in [-0.2, -0.15) is 0 Å². The zero-order valence-electron chi connectivity index (χ0n) is 19.1. The van der Waals surface area contributed by atoms with Gasteiger partial charge in [0.1, 0.15) is 11.5 Å². The van der Waals surface area contributed by atoms with E-state index in [0.29, 0.717) is 23.7 Å². The van der Waals surface area contributed by atoms with Gasteiger partial charge in [0.25, 0.3) is 5.91 Å². The average molecular weight is 440 g/mol. The number of nitrogens with zero attached hydrogens (tertiary/aromatic N) is 1. The molecule has 0 atom stereocenters. The molecule has 2 aromatic rings. The Bertz CT molecular complexity index is 884. The van der Waals surface area contributed by atoms with Crippen molar-refractivity contribution in [1.29, 1.82) is 0 Å². The van der Waals surface area contributed by atoms with Crippen molar-refractivity contribution in [3.63, 3.8) is 0 Å². The number of hydrogen-bond donors (Lipinski definition) is 2. The first kappa shape index (κ1) is 23.6. The van der Waals surface area contributed by atoms with Gasteiger partial charge in [-0.25, -0.2) is 0 Å². The molecule has 1 saturated heterocycles. The van der Waals surface area contributed by atoms with Crippen molar-refractivity contribution in [1.82, 2.24) is 10.2 Å². The maximum atomic E-state index is 12.4. The van der Waals surface area contributed by atoms with Gasteiger partial charge >= 0.3 is 0 Å². The number of nitrogens with one attached hydrogen (secondary N) is 2. The summed E-state index contributed by atoms with van der Waals surface area (Å²) in [4.78, 5) is 26.2. The fraction of sp³-hybridized carbons (Fsp3) is 0.440. The number of piperidine rings is 1. The second kappa shape index (κ2) is 11.5. The van der Waals surface area contributed by atoms with Crippen molar-refractivity contribution in [2.24, 2.45) is 5.92 Å². The number of aryl methyl sites for hydroxylation is 1. The molecule has 172 valence electrons. The van der Waals surface area contributed by atoms with Gasteiger partial charge in [0.2, 0.25) is 5.91 Å². The molecular weight excluding hydrogens is 406 g/mol. The molecule has 7 heteroatoms. The molecule has 1 aliphatic rings. The largest absolute Gasteiger partial charge is 0.497 e. The predicted molar refractivity (Wildman–Crippen MR) is 125 cm³/mol. The Hall–Kier alpha value is -3.06. The number of methoxy groups -OCH3 is 2. The third-order valence-corrected chi connectivity index (χ3v) is 5.98. The molecule has 2 amide bonds. The second-order valence-electron chi connectivity index (χ2n) is 8.18. The van der Waals surface area contributed by atoms with Gasteiger partial charge in [-0.1, -0.05) is 0 Å². The fourth-order valence-electron chi connectivity index (χ4n) is 4.07. The fourth-order valence-corrected chi connectivity index (χ4v) is 4.07. The van der Waals surface area contributed by atoms with E-state index in [9.17, 15) is 9.59 Å². The minimum atomic E-state index is -0.142. The number of anilines is 1. The molecule has 3 rings (SSSR count). The number of ether oxygens (including phenoxy) is 2. The van der Waals surface area contributed by atoms with Gasteiger partial charge in [-0.3, -0.25) is 14.5 Å². The minimum Gasteiger partial charge on any atom is -0.497 e. The number of hydrogen-bond acceptors (Lipinski definition) is 5. The molecule has 32 heavy (non-hydrogen) atoms. The van der Waals surface area contributed by atoms with Crippen LogP contribution in [0.25, 0.3) is 0 Å². The monoisotopic (exact) mass is 439 g/mol. The summed E-state index contributed by atoms with van der Waals surface area (Å²) in [6, 6.07) is 13.0. The van der Waals surface area contributed by atoms with E-state index in [1.54, 1.807) is 45.5 Å². The number of rotatable bonds is 9. The van der Waals surface area contributed by atoms with Crippen LogP contribution in [0.1, 0.15) is 35.2 Å². The molecular formula is C25H33N3O4. The molecule has 1 aliphatic heterocycles. The Kier molecular flexibility index (Phi) is 8.50. The lowest BCUT2D eigenvalue weighted by molar-refractivity contribution is -0.117. The average Bonchev–Trinajstić information content (AvgIpc) is 2.83. The van der Waals surface area contributed by atoms with Crippen molar-refractivity contribution < 1.29 is 19.1 Å². The first-order valence-corrected chi connectivity index (χ1v) is 11.1. The van der Waals surface area contributed by atoms with Gasteiger partial charge in [0, 0.05) is 24.4 Å². The normalized spacial score (nSPS) is 14.6. The Labute approximate surface area is 190 Å². The van der Waals surface area contributed by atoms with Crippen LogP contribution in [0, 0.1) is 5.92 Å². The number of likely N-dealkylation sites (tertiary alicyclic amines) is 1. The Morgan fingerprint density at radius 1 is 1.00 bits per heavy atom. The van der Waals surface area contributed by atoms with Crippen LogP contribution in [0.5, 0.6) is 11.5 Å². The summed E-state index contributed by atoms with van der Waals surface area (Å²) in [5.41, 5.74) is 2.50. The smallest absolute Gasteiger partial charge is 0.251 e. The van der Waals surface area contributed by atoms with E-state index in [1.807, 2.05) is 6.07 Å². The van der Waals surface area contributed by atoms with Crippen molar-refractivity contribution in [2.75, 3.05) is 46.2 Å². The second-order valence-corrected chi connectivity index (χ2v) is 8.18. The molecule has 0 saturated carbocycles. The van der Waals surface area contributed by atoms with Crippen molar-refractivity contribution in [3.05, 3.63) is 53.6 Å². The zero-order chi connectivity index (χ0) is 22.9. The van der Waals surface area contributed by atoms with Gasteiger partial charge in [-0.15, -0.1) is 0 Å². The van der Waals surface area contributed by atoms with Crippen LogP contribution in [-0.2, 0) is 11.2 Å². The lowest BCUT2D eigenvalue weighted by Gasteiger charge is -2.31. The Morgan fingerprint density at radius 3 is 2.19 bits per heavy atom. The molecule has 1 fully saturated rings. The lowest BCUT2D eigenvalue weighted by atomic mass is 9.90. The maximum Gasteiger partial charge on any atom is 0.251 e. The van der Waals surface area contributed by atoms with E-state index >= 15 is 0 Å². The standard InChI is InChI=1S/C25H33N3O4/c1-26-25(30)20-6-8-21(9-7-20)27-24(29)17-28-12-10-18(11-13-28)4-5-19-14-22(31-2)16-23(15-19)32-3/h6-9,14-16,18H,4-5,10-13,17H2,1-3H3,(H,26,30)(H,27,29). The molecule has 1 heterocycles. The number of carbonyl (C=O) groups is 2. The van der Waals surface area contributed by atoms with E-state index in [2.05, 4.69) is 27.7 Å². The predicted octanol–water partition coefficient (Wildman–Crippen LogP) is 3.35. The van der Waals surface area contributed by atoms with Crippen LogP contribution < -0.4 is 20.1 Å². The Balaban J connectivity index is 1.41. The molecule has 2 N–H and O–H groups in total. The van der Waals surface area contributed by atoms with Gasteiger partial charge in [-0.05, 0) is 86.7 Å². The van der Waals surface area contributed by atoms with E-state index in [4.69, 9.17) is 9.47 Å². The molecule has 0 unspecified atom stereocenters. The molecule has 0 radical (unpaired) electrons. The number of carbonyl (C=O) groups excluding carboxylic acids is 2. The van der Waals surface area contributed by atoms with Crippen LogP contribution >= 0.6 is 0 Å². The third kappa shape index (κ3) is 6.72. The van der Waals surface area contributed by atoms with Gasteiger partial charge in [0.05, 0.1) is 20.8 Å². The molecule has 0 spiro atoms. The number of amides is 2. The minimum absolute atomic E-state index is 0.0281. The van der Waals surface area contributed by atoms with Gasteiger partial charge < -0.3 is 20.1 Å². The highest BCUT2D eigenvalue weighted by molar-refractivity contribution is 5.96. The van der Waals surface area contributed by atoms with Crippen LogP contribution in [0.2, 0.25) is 0 Å². The maximum absolute atomic E-state index is 12.4. The summed E-state index contributed by atoms with van der Waals surface area (Å²) in [7, 11) is 4.94. The highest BCUT2D eigenvalue weighted by Gasteiger charge is 2.21. The topological polar surface area (TPSA) is 79.9 Å². The first-order valence-electron chi connectivity index (χ1n) is 11.1. The van der Waals surface area contributed by atoms with E-state index < -0.39 is 0 Å². The highest BCUT2D eigenvalue weighted by atomic mass is 16.5. The lowest BCUT2D eigenvalue weighted by Crippen LogP contribution is -2.39. The Morgan fingerprint density at radius 2 is 1.62 bits per heavy atom. The van der Waals surface area contributed by atoms with Crippen LogP contribution in [0.15, 0.2) is 42.5 Å².